The van der Waals surface area contributed by atoms with Gasteiger partial charge in [0.25, 0.3) is 0 Å². The minimum atomic E-state index is 0.299. The van der Waals surface area contributed by atoms with Crippen LogP contribution in [-0.4, -0.2) is 16.5 Å². The molecule has 3 heteroatoms. The fourth-order valence-electron chi connectivity index (χ4n) is 1.78. The third-order valence-corrected chi connectivity index (χ3v) is 2.77. The Kier molecular flexibility index (Phi) is 3.37. The van der Waals surface area contributed by atoms with Gasteiger partial charge in [0.2, 0.25) is 0 Å². The molecule has 1 aromatic heterocycles. The van der Waals surface area contributed by atoms with Gasteiger partial charge in [-0.2, -0.15) is 0 Å². The molecular weight excluding hydrogens is 198 g/mol. The van der Waals surface area contributed by atoms with Gasteiger partial charge in [0.05, 0.1) is 0 Å². The van der Waals surface area contributed by atoms with Crippen molar-refractivity contribution in [3.8, 4) is 0 Å². The average Bonchev–Trinajstić information content (AvgIpc) is 2.78. The van der Waals surface area contributed by atoms with Gasteiger partial charge >= 0.3 is 0 Å². The lowest BCUT2D eigenvalue weighted by molar-refractivity contribution is 0.827. The van der Waals surface area contributed by atoms with Crippen LogP contribution in [0.15, 0.2) is 36.5 Å². The first kappa shape index (κ1) is 10.9. The van der Waals surface area contributed by atoms with E-state index in [1.165, 1.54) is 5.56 Å². The Bertz CT molecular complexity index is 433. The fourth-order valence-corrected chi connectivity index (χ4v) is 1.78. The minimum absolute atomic E-state index is 0.299. The normalized spacial score (nSPS) is 12.6. The monoisotopic (exact) mass is 215 g/mol. The van der Waals surface area contributed by atoms with Gasteiger partial charge in [-0.1, -0.05) is 37.3 Å². The summed E-state index contributed by atoms with van der Waals surface area (Å²) in [7, 11) is 0. The highest BCUT2D eigenvalue weighted by atomic mass is 14.9. The van der Waals surface area contributed by atoms with Crippen molar-refractivity contribution in [3.63, 3.8) is 0 Å². The Hall–Kier alpha value is -1.61. The molecule has 0 radical (unpaired) electrons. The van der Waals surface area contributed by atoms with E-state index in [0.29, 0.717) is 12.5 Å². The van der Waals surface area contributed by atoms with Crippen molar-refractivity contribution in [1.82, 2.24) is 9.97 Å². The molecule has 0 aliphatic heterocycles. The van der Waals surface area contributed by atoms with Crippen molar-refractivity contribution in [2.75, 3.05) is 6.54 Å². The smallest absolute Gasteiger partial charge is 0.113 e. The second-order valence-corrected chi connectivity index (χ2v) is 3.96. The van der Waals surface area contributed by atoms with E-state index in [0.717, 1.165) is 17.9 Å². The number of hydrogen-bond donors (Lipinski definition) is 2. The maximum Gasteiger partial charge on any atom is 0.113 e. The molecule has 1 atom stereocenters. The van der Waals surface area contributed by atoms with Crippen LogP contribution in [0.25, 0.3) is 0 Å². The molecular formula is C13H17N3. The number of aromatic amines is 1. The second-order valence-electron chi connectivity index (χ2n) is 3.96. The fraction of sp³-hybridized carbons (Fsp3) is 0.308. The molecule has 1 heterocycles. The Morgan fingerprint density at radius 2 is 2.06 bits per heavy atom. The number of nitrogens with two attached hydrogens (primary N) is 1. The van der Waals surface area contributed by atoms with Crippen molar-refractivity contribution in [3.05, 3.63) is 53.6 Å². The molecule has 1 unspecified atom stereocenters. The number of imidazole rings is 1. The molecule has 2 rings (SSSR count). The molecule has 0 spiro atoms. The van der Waals surface area contributed by atoms with Crippen LogP contribution >= 0.6 is 0 Å². The van der Waals surface area contributed by atoms with Crippen LogP contribution in [0.2, 0.25) is 0 Å². The van der Waals surface area contributed by atoms with Gasteiger partial charge in [-0.05, 0) is 12.1 Å². The molecule has 0 fully saturated rings. The van der Waals surface area contributed by atoms with Gasteiger partial charge in [-0.3, -0.25) is 0 Å². The SMILES string of the molecule is CC(c1ccccc1)c1ncc(CCN)[nH]1. The lowest BCUT2D eigenvalue weighted by Crippen LogP contribution is -2.03. The van der Waals surface area contributed by atoms with Crippen molar-refractivity contribution >= 4 is 0 Å². The molecule has 1 aromatic carbocycles. The van der Waals surface area contributed by atoms with E-state index in [4.69, 9.17) is 5.73 Å². The van der Waals surface area contributed by atoms with E-state index in [1.54, 1.807) is 0 Å². The molecule has 2 aromatic rings. The Morgan fingerprint density at radius 3 is 2.75 bits per heavy atom. The van der Waals surface area contributed by atoms with Crippen LogP contribution in [0.1, 0.15) is 29.9 Å². The summed E-state index contributed by atoms with van der Waals surface area (Å²) in [6.07, 6.45) is 2.73. The van der Waals surface area contributed by atoms with E-state index in [2.05, 4.69) is 41.2 Å². The number of hydrogen-bond acceptors (Lipinski definition) is 2. The van der Waals surface area contributed by atoms with Gasteiger partial charge in [0.15, 0.2) is 0 Å². The number of benzene rings is 1. The Labute approximate surface area is 95.7 Å². The second kappa shape index (κ2) is 4.94. The first-order chi connectivity index (χ1) is 7.81. The molecule has 0 aliphatic carbocycles. The van der Waals surface area contributed by atoms with Crippen molar-refractivity contribution in [1.29, 1.82) is 0 Å². The van der Waals surface area contributed by atoms with Crippen molar-refractivity contribution in [2.24, 2.45) is 5.73 Å². The summed E-state index contributed by atoms with van der Waals surface area (Å²) >= 11 is 0. The highest BCUT2D eigenvalue weighted by Gasteiger charge is 2.11. The first-order valence-electron chi connectivity index (χ1n) is 5.60. The number of aromatic nitrogens is 2. The van der Waals surface area contributed by atoms with Crippen LogP contribution in [0.4, 0.5) is 0 Å². The van der Waals surface area contributed by atoms with E-state index < -0.39 is 0 Å². The molecule has 16 heavy (non-hydrogen) atoms. The number of nitrogens with one attached hydrogen (secondary N) is 1. The van der Waals surface area contributed by atoms with Gasteiger partial charge in [-0.15, -0.1) is 0 Å². The highest BCUT2D eigenvalue weighted by Crippen LogP contribution is 2.20. The quantitative estimate of drug-likeness (QED) is 0.820. The van der Waals surface area contributed by atoms with E-state index in [-0.39, 0.29) is 0 Å². The molecule has 0 bridgehead atoms. The Morgan fingerprint density at radius 1 is 1.31 bits per heavy atom. The van der Waals surface area contributed by atoms with E-state index in [9.17, 15) is 0 Å². The van der Waals surface area contributed by atoms with Crippen LogP contribution in [-0.2, 0) is 6.42 Å². The lowest BCUT2D eigenvalue weighted by atomic mass is 10.0. The third kappa shape index (κ3) is 2.31. The first-order valence-corrected chi connectivity index (χ1v) is 5.60. The molecule has 0 saturated carbocycles. The third-order valence-electron chi connectivity index (χ3n) is 2.77. The predicted octanol–water partition coefficient (Wildman–Crippen LogP) is 2.06. The van der Waals surface area contributed by atoms with E-state index in [1.807, 2.05) is 12.3 Å². The zero-order valence-electron chi connectivity index (χ0n) is 9.48. The predicted molar refractivity (Wildman–Crippen MR) is 65.3 cm³/mol. The van der Waals surface area contributed by atoms with Gasteiger partial charge in [-0.25, -0.2) is 4.98 Å². The topological polar surface area (TPSA) is 54.7 Å². The zero-order chi connectivity index (χ0) is 11.4. The molecule has 84 valence electrons. The van der Waals surface area contributed by atoms with Gasteiger partial charge in [0.1, 0.15) is 5.82 Å². The number of nitrogens with zero attached hydrogens (tertiary/aromatic N) is 1. The maximum absolute atomic E-state index is 5.51. The van der Waals surface area contributed by atoms with E-state index >= 15 is 0 Å². The summed E-state index contributed by atoms with van der Waals surface area (Å²) in [6.45, 7) is 2.81. The summed E-state index contributed by atoms with van der Waals surface area (Å²) in [5.41, 5.74) is 7.89. The zero-order valence-corrected chi connectivity index (χ0v) is 9.48. The summed E-state index contributed by atoms with van der Waals surface area (Å²) in [5.74, 6) is 1.31. The average molecular weight is 215 g/mol. The minimum Gasteiger partial charge on any atom is -0.345 e. The van der Waals surface area contributed by atoms with Crippen LogP contribution in [0, 0.1) is 0 Å². The molecule has 0 amide bonds. The number of rotatable bonds is 4. The molecule has 3 nitrogen and oxygen atoms in total. The molecule has 0 saturated heterocycles. The van der Waals surface area contributed by atoms with Crippen LogP contribution in [0.5, 0.6) is 0 Å². The highest BCUT2D eigenvalue weighted by molar-refractivity contribution is 5.25. The molecule has 0 aliphatic rings. The molecule has 3 N–H and O–H groups in total. The van der Waals surface area contributed by atoms with Gasteiger partial charge in [0, 0.05) is 24.2 Å². The summed E-state index contributed by atoms with van der Waals surface area (Å²) in [4.78, 5) is 7.72. The van der Waals surface area contributed by atoms with Crippen LogP contribution < -0.4 is 5.73 Å². The van der Waals surface area contributed by atoms with Crippen LogP contribution in [0.3, 0.4) is 0 Å². The summed E-state index contributed by atoms with van der Waals surface area (Å²) in [5, 5.41) is 0. The maximum atomic E-state index is 5.51. The summed E-state index contributed by atoms with van der Waals surface area (Å²) in [6, 6.07) is 10.4. The van der Waals surface area contributed by atoms with Gasteiger partial charge < -0.3 is 10.7 Å². The largest absolute Gasteiger partial charge is 0.345 e. The Balaban J connectivity index is 2.17. The van der Waals surface area contributed by atoms with Crippen molar-refractivity contribution in [2.45, 2.75) is 19.3 Å². The standard InChI is InChI=1S/C13H17N3/c1-10(11-5-3-2-4-6-11)13-15-9-12(16-13)7-8-14/h2-6,9-10H,7-8,14H2,1H3,(H,15,16). The lowest BCUT2D eigenvalue weighted by Gasteiger charge is -2.08. The van der Waals surface area contributed by atoms with Crippen molar-refractivity contribution < 1.29 is 0 Å². The number of H-pyrrole nitrogens is 1. The summed E-state index contributed by atoms with van der Waals surface area (Å²) < 4.78 is 0.